The second-order valence-electron chi connectivity index (χ2n) is 12.1. The third-order valence-corrected chi connectivity index (χ3v) is 9.43. The number of carbonyl (C=O) groups excluding carboxylic acids is 2. The summed E-state index contributed by atoms with van der Waals surface area (Å²) in [7, 11) is 0. The van der Waals surface area contributed by atoms with Crippen molar-refractivity contribution in [2.24, 2.45) is 22.2 Å². The summed E-state index contributed by atoms with van der Waals surface area (Å²) in [5, 5.41) is 13.2. The number of rotatable bonds is 4. The summed E-state index contributed by atoms with van der Waals surface area (Å²) in [6.07, 6.45) is 10.5. The maximum Gasteiger partial charge on any atom is 0.303 e. The van der Waals surface area contributed by atoms with Crippen molar-refractivity contribution in [3.63, 3.8) is 0 Å². The maximum absolute atomic E-state index is 14.8. The van der Waals surface area contributed by atoms with Gasteiger partial charge in [-0.1, -0.05) is 81.5 Å². The van der Waals surface area contributed by atoms with Gasteiger partial charge < -0.3 is 14.6 Å². The number of hydrogen-bond acceptors (Lipinski definition) is 5. The van der Waals surface area contributed by atoms with Gasteiger partial charge in [0, 0.05) is 12.3 Å². The Labute approximate surface area is 215 Å². The van der Waals surface area contributed by atoms with E-state index in [4.69, 9.17) is 9.47 Å². The lowest BCUT2D eigenvalue weighted by Gasteiger charge is -2.55. The molecule has 6 atom stereocenters. The molecule has 1 fully saturated rings. The Bertz CT molecular complexity index is 1160. The molecular formula is C31H40O5. The van der Waals surface area contributed by atoms with Crippen LogP contribution in [-0.2, 0) is 25.7 Å². The molecule has 6 unspecified atom stereocenters. The van der Waals surface area contributed by atoms with Crippen molar-refractivity contribution in [2.45, 2.75) is 85.2 Å². The van der Waals surface area contributed by atoms with Crippen LogP contribution in [0.15, 0.2) is 66.3 Å². The predicted molar refractivity (Wildman–Crippen MR) is 140 cm³/mol. The normalized spacial score (nSPS) is 42.9. The Balaban J connectivity index is 2.03. The number of ether oxygens (including phenoxy) is 2. The number of allylic oxidation sites excluding steroid dienone is 4. The zero-order valence-corrected chi connectivity index (χ0v) is 22.8. The van der Waals surface area contributed by atoms with E-state index in [0.29, 0.717) is 12.0 Å². The quantitative estimate of drug-likeness (QED) is 0.429. The second-order valence-corrected chi connectivity index (χ2v) is 12.1. The van der Waals surface area contributed by atoms with Gasteiger partial charge in [-0.2, -0.15) is 0 Å². The first-order chi connectivity index (χ1) is 16.6. The van der Waals surface area contributed by atoms with Gasteiger partial charge in [0.1, 0.15) is 5.60 Å². The van der Waals surface area contributed by atoms with Gasteiger partial charge in [0.25, 0.3) is 0 Å². The van der Waals surface area contributed by atoms with Crippen LogP contribution in [0.5, 0.6) is 0 Å². The van der Waals surface area contributed by atoms with Gasteiger partial charge in [0.15, 0.2) is 17.0 Å². The Hall–Kier alpha value is -2.50. The minimum atomic E-state index is -1.87. The molecule has 0 heterocycles. The Morgan fingerprint density at radius 1 is 1.08 bits per heavy atom. The van der Waals surface area contributed by atoms with Gasteiger partial charge in [0.2, 0.25) is 0 Å². The van der Waals surface area contributed by atoms with E-state index in [1.165, 1.54) is 6.92 Å². The molecule has 3 aliphatic rings. The van der Waals surface area contributed by atoms with E-state index in [9.17, 15) is 14.7 Å². The number of benzene rings is 1. The van der Waals surface area contributed by atoms with Gasteiger partial charge in [-0.05, 0) is 51.2 Å². The van der Waals surface area contributed by atoms with E-state index >= 15 is 0 Å². The molecule has 1 spiro atoms. The molecule has 36 heavy (non-hydrogen) atoms. The molecule has 0 amide bonds. The number of ketones is 1. The zero-order valence-electron chi connectivity index (χ0n) is 22.8. The van der Waals surface area contributed by atoms with Crippen molar-refractivity contribution < 1.29 is 24.2 Å². The van der Waals surface area contributed by atoms with E-state index in [0.717, 1.165) is 5.56 Å². The monoisotopic (exact) mass is 492 g/mol. The SMILES string of the molecule is CC(=O)OC1(C)C(C)=CC23C(=O)C(C)(C/C=C/C(C)(C)/C=C/C2C)C(C)(OCc2ccccc2)C13O. The van der Waals surface area contributed by atoms with Crippen molar-refractivity contribution in [1.82, 2.24) is 0 Å². The van der Waals surface area contributed by atoms with Gasteiger partial charge in [-0.15, -0.1) is 0 Å². The number of hydrogen-bond donors (Lipinski definition) is 1. The number of esters is 1. The van der Waals surface area contributed by atoms with Crippen LogP contribution in [0.25, 0.3) is 0 Å². The molecule has 5 heteroatoms. The maximum atomic E-state index is 14.8. The lowest BCUT2D eigenvalue weighted by molar-refractivity contribution is -0.278. The molecule has 1 saturated carbocycles. The summed E-state index contributed by atoms with van der Waals surface area (Å²) in [6.45, 7) is 15.0. The topological polar surface area (TPSA) is 72.8 Å². The van der Waals surface area contributed by atoms with Crippen molar-refractivity contribution in [2.75, 3.05) is 0 Å². The molecule has 0 aromatic heterocycles. The van der Waals surface area contributed by atoms with Gasteiger partial charge in [0.05, 0.1) is 17.4 Å². The smallest absolute Gasteiger partial charge is 0.303 e. The molecule has 1 aromatic carbocycles. The van der Waals surface area contributed by atoms with Crippen molar-refractivity contribution >= 4 is 11.8 Å². The van der Waals surface area contributed by atoms with Crippen LogP contribution in [0.4, 0.5) is 0 Å². The zero-order chi connectivity index (χ0) is 26.8. The average Bonchev–Trinajstić information content (AvgIpc) is 3.05. The largest absolute Gasteiger partial charge is 0.452 e. The van der Waals surface area contributed by atoms with Crippen LogP contribution in [-0.4, -0.2) is 33.7 Å². The summed E-state index contributed by atoms with van der Waals surface area (Å²) < 4.78 is 12.7. The van der Waals surface area contributed by atoms with Crippen molar-refractivity contribution in [3.8, 4) is 0 Å². The fourth-order valence-electron chi connectivity index (χ4n) is 7.08. The number of Topliss-reactive ketones (excluding diaryl/α,β-unsaturated/α-hetero) is 1. The molecule has 1 aromatic rings. The highest BCUT2D eigenvalue weighted by atomic mass is 16.6. The Morgan fingerprint density at radius 2 is 1.72 bits per heavy atom. The molecular weight excluding hydrogens is 452 g/mol. The first-order valence-corrected chi connectivity index (χ1v) is 12.8. The minimum Gasteiger partial charge on any atom is -0.452 e. The minimum absolute atomic E-state index is 0.0928. The molecule has 0 aliphatic heterocycles. The fourth-order valence-corrected chi connectivity index (χ4v) is 7.08. The molecule has 194 valence electrons. The van der Waals surface area contributed by atoms with E-state index in [2.05, 4.69) is 26.0 Å². The third-order valence-electron chi connectivity index (χ3n) is 9.43. The predicted octanol–water partition coefficient (Wildman–Crippen LogP) is 5.73. The Morgan fingerprint density at radius 3 is 2.33 bits per heavy atom. The standard InChI is InChI=1S/C31H40O5/c1-21-15-18-26(4,5)16-12-17-27(6)25(33)30(21)19-22(2)28(7,36-23(3)32)31(30,34)29(27,8)35-20-24-13-10-9-11-14-24/h9-16,18-19,21,34H,17,20H2,1-8H3/b16-12+,18-15+. The summed E-state index contributed by atoms with van der Waals surface area (Å²) in [4.78, 5) is 27.2. The van der Waals surface area contributed by atoms with Crippen LogP contribution in [0.1, 0.15) is 67.4 Å². The van der Waals surface area contributed by atoms with E-state index in [1.807, 2.05) is 76.3 Å². The van der Waals surface area contributed by atoms with Crippen LogP contribution >= 0.6 is 0 Å². The van der Waals surface area contributed by atoms with E-state index in [-0.39, 0.29) is 23.7 Å². The molecule has 3 aliphatic carbocycles. The third kappa shape index (κ3) is 3.21. The van der Waals surface area contributed by atoms with E-state index < -0.39 is 33.6 Å². The van der Waals surface area contributed by atoms with Crippen LogP contribution < -0.4 is 0 Å². The number of aliphatic hydroxyl groups is 1. The van der Waals surface area contributed by atoms with Gasteiger partial charge in [-0.25, -0.2) is 0 Å². The number of fused-ring (bicyclic) bond motifs is 1. The highest BCUT2D eigenvalue weighted by Crippen LogP contribution is 2.73. The molecule has 0 saturated heterocycles. The van der Waals surface area contributed by atoms with Crippen LogP contribution in [0.3, 0.4) is 0 Å². The first kappa shape index (κ1) is 26.6. The Kier molecular flexibility index (Phi) is 6.09. The van der Waals surface area contributed by atoms with Gasteiger partial charge >= 0.3 is 5.97 Å². The van der Waals surface area contributed by atoms with Gasteiger partial charge in [-0.3, -0.25) is 9.59 Å². The lowest BCUT2D eigenvalue weighted by Crippen LogP contribution is -2.71. The van der Waals surface area contributed by atoms with Crippen molar-refractivity contribution in [1.29, 1.82) is 0 Å². The van der Waals surface area contributed by atoms with Crippen LogP contribution in [0.2, 0.25) is 0 Å². The van der Waals surface area contributed by atoms with Crippen LogP contribution in [0, 0.1) is 22.2 Å². The highest BCUT2D eigenvalue weighted by molar-refractivity contribution is 6.00. The molecule has 5 nitrogen and oxygen atoms in total. The summed E-state index contributed by atoms with van der Waals surface area (Å²) >= 11 is 0. The molecule has 4 rings (SSSR count). The molecule has 0 radical (unpaired) electrons. The average molecular weight is 493 g/mol. The second kappa shape index (κ2) is 8.26. The fraction of sp³-hybridized carbons (Fsp3) is 0.548. The van der Waals surface area contributed by atoms with Crippen molar-refractivity contribution in [3.05, 3.63) is 71.8 Å². The van der Waals surface area contributed by atoms with E-state index in [1.54, 1.807) is 6.92 Å². The summed E-state index contributed by atoms with van der Waals surface area (Å²) in [5.74, 6) is -0.992. The summed E-state index contributed by atoms with van der Waals surface area (Å²) in [6, 6.07) is 9.72. The first-order valence-electron chi connectivity index (χ1n) is 12.8. The highest BCUT2D eigenvalue weighted by Gasteiger charge is 2.87. The molecule has 1 N–H and O–H groups in total. The lowest BCUT2D eigenvalue weighted by atomic mass is 9.60. The summed E-state index contributed by atoms with van der Waals surface area (Å²) in [5.41, 5.74) is -5.82. The molecule has 2 bridgehead atoms. The number of carbonyl (C=O) groups is 2.